The van der Waals surface area contributed by atoms with Crippen LogP contribution in [-0.2, 0) is 9.53 Å². The lowest BCUT2D eigenvalue weighted by Gasteiger charge is -2.11. The number of nitrogens with zero attached hydrogens (tertiary/aromatic N) is 2. The molecule has 0 atom stereocenters. The molecular weight excluding hydrogens is 424 g/mol. The SMILES string of the molecule is Cc1ccc(OCCOc2ccc([N+](=O)[O-])cc2C=C2N=C(c3ccccc3)OC2=O)cc1. The van der Waals surface area contributed by atoms with Crippen LogP contribution in [0.15, 0.2) is 83.5 Å². The summed E-state index contributed by atoms with van der Waals surface area (Å²) in [6.45, 7) is 2.46. The molecule has 0 amide bonds. The Morgan fingerprint density at radius 3 is 2.45 bits per heavy atom. The van der Waals surface area contributed by atoms with Crippen molar-refractivity contribution in [3.8, 4) is 11.5 Å². The van der Waals surface area contributed by atoms with Gasteiger partial charge in [-0.1, -0.05) is 35.9 Å². The zero-order valence-electron chi connectivity index (χ0n) is 17.8. The van der Waals surface area contributed by atoms with Crippen molar-refractivity contribution < 1.29 is 23.9 Å². The Bertz CT molecular complexity index is 1230. The number of benzene rings is 3. The Kier molecular flexibility index (Phi) is 6.45. The second-order valence-corrected chi connectivity index (χ2v) is 7.19. The van der Waals surface area contributed by atoms with Crippen molar-refractivity contribution >= 4 is 23.6 Å². The van der Waals surface area contributed by atoms with E-state index in [1.807, 2.05) is 37.3 Å². The molecule has 0 bridgehead atoms. The molecule has 8 heteroatoms. The fourth-order valence-electron chi connectivity index (χ4n) is 3.10. The van der Waals surface area contributed by atoms with Gasteiger partial charge in [0.15, 0.2) is 5.70 Å². The standard InChI is InChI=1S/C25H20N2O6/c1-17-7-10-21(11-8-17)31-13-14-32-23-12-9-20(27(29)30)15-19(23)16-22-25(28)33-24(26-22)18-5-3-2-4-6-18/h2-12,15-16H,13-14H2,1H3. The average Bonchev–Trinajstić information content (AvgIpc) is 3.19. The second-order valence-electron chi connectivity index (χ2n) is 7.19. The number of nitro groups is 1. The largest absolute Gasteiger partial charge is 0.490 e. The first-order valence-electron chi connectivity index (χ1n) is 10.2. The van der Waals surface area contributed by atoms with Crippen LogP contribution in [-0.4, -0.2) is 30.0 Å². The summed E-state index contributed by atoms with van der Waals surface area (Å²) in [5, 5.41) is 11.2. The lowest BCUT2D eigenvalue weighted by atomic mass is 10.1. The van der Waals surface area contributed by atoms with Gasteiger partial charge in [-0.2, -0.15) is 0 Å². The smallest absolute Gasteiger partial charge is 0.363 e. The number of cyclic esters (lactones) is 1. The third-order valence-corrected chi connectivity index (χ3v) is 4.77. The second kappa shape index (κ2) is 9.78. The van der Waals surface area contributed by atoms with Crippen molar-refractivity contribution in [2.75, 3.05) is 13.2 Å². The van der Waals surface area contributed by atoms with Gasteiger partial charge in [0.2, 0.25) is 5.90 Å². The minimum absolute atomic E-state index is 0.0232. The van der Waals surface area contributed by atoms with Crippen LogP contribution in [0.25, 0.3) is 6.08 Å². The number of hydrogen-bond acceptors (Lipinski definition) is 7. The zero-order chi connectivity index (χ0) is 23.2. The van der Waals surface area contributed by atoms with Crippen LogP contribution >= 0.6 is 0 Å². The van der Waals surface area contributed by atoms with Gasteiger partial charge < -0.3 is 14.2 Å². The molecule has 0 spiro atoms. The van der Waals surface area contributed by atoms with E-state index in [-0.39, 0.29) is 30.5 Å². The van der Waals surface area contributed by atoms with Gasteiger partial charge in [-0.3, -0.25) is 10.1 Å². The summed E-state index contributed by atoms with van der Waals surface area (Å²) in [5.41, 5.74) is 2.01. The van der Waals surface area contributed by atoms with Gasteiger partial charge in [0.25, 0.3) is 5.69 Å². The van der Waals surface area contributed by atoms with Crippen LogP contribution in [0.1, 0.15) is 16.7 Å². The Labute approximate surface area is 189 Å². The van der Waals surface area contributed by atoms with Gasteiger partial charge >= 0.3 is 5.97 Å². The molecule has 1 aliphatic heterocycles. The van der Waals surface area contributed by atoms with Crippen molar-refractivity contribution in [2.24, 2.45) is 4.99 Å². The maximum atomic E-state index is 12.3. The third-order valence-electron chi connectivity index (χ3n) is 4.77. The number of rotatable bonds is 8. The minimum Gasteiger partial charge on any atom is -0.490 e. The number of non-ortho nitro benzene ring substituents is 1. The molecule has 3 aromatic rings. The highest BCUT2D eigenvalue weighted by atomic mass is 16.6. The summed E-state index contributed by atoms with van der Waals surface area (Å²) < 4.78 is 16.7. The first-order chi connectivity index (χ1) is 16.0. The van der Waals surface area contributed by atoms with Crippen molar-refractivity contribution in [1.82, 2.24) is 0 Å². The lowest BCUT2D eigenvalue weighted by molar-refractivity contribution is -0.384. The maximum absolute atomic E-state index is 12.3. The summed E-state index contributed by atoms with van der Waals surface area (Å²) in [5.74, 6) is 0.601. The van der Waals surface area contributed by atoms with Crippen LogP contribution in [0.4, 0.5) is 5.69 Å². The fourth-order valence-corrected chi connectivity index (χ4v) is 3.10. The first-order valence-corrected chi connectivity index (χ1v) is 10.2. The lowest BCUT2D eigenvalue weighted by Crippen LogP contribution is -2.10. The Morgan fingerprint density at radius 2 is 1.73 bits per heavy atom. The highest BCUT2D eigenvalue weighted by Crippen LogP contribution is 2.28. The molecule has 8 nitrogen and oxygen atoms in total. The molecule has 0 aromatic heterocycles. The molecule has 0 fully saturated rings. The van der Waals surface area contributed by atoms with Crippen molar-refractivity contribution in [3.05, 3.63) is 105 Å². The number of carbonyl (C=O) groups excluding carboxylic acids is 1. The van der Waals surface area contributed by atoms with Crippen LogP contribution in [0.2, 0.25) is 0 Å². The molecule has 3 aromatic carbocycles. The Balaban J connectivity index is 1.53. The molecule has 33 heavy (non-hydrogen) atoms. The summed E-state index contributed by atoms with van der Waals surface area (Å²) in [4.78, 5) is 27.3. The van der Waals surface area contributed by atoms with Crippen LogP contribution in [0.3, 0.4) is 0 Å². The number of esters is 1. The van der Waals surface area contributed by atoms with E-state index in [4.69, 9.17) is 14.2 Å². The number of hydrogen-bond donors (Lipinski definition) is 0. The van der Waals surface area contributed by atoms with Crippen LogP contribution < -0.4 is 9.47 Å². The maximum Gasteiger partial charge on any atom is 0.363 e. The van der Waals surface area contributed by atoms with E-state index in [0.717, 1.165) is 5.56 Å². The van der Waals surface area contributed by atoms with E-state index in [9.17, 15) is 14.9 Å². The van der Waals surface area contributed by atoms with Gasteiger partial charge in [-0.25, -0.2) is 9.79 Å². The number of aliphatic imine (C=N–C) groups is 1. The summed E-state index contributed by atoms with van der Waals surface area (Å²) in [6.07, 6.45) is 1.42. The van der Waals surface area contributed by atoms with Crippen LogP contribution in [0.5, 0.6) is 11.5 Å². The van der Waals surface area contributed by atoms with Crippen molar-refractivity contribution in [3.63, 3.8) is 0 Å². The van der Waals surface area contributed by atoms with Gasteiger partial charge in [0, 0.05) is 23.3 Å². The summed E-state index contributed by atoms with van der Waals surface area (Å²) in [6, 6.07) is 20.8. The molecular formula is C25H20N2O6. The number of aryl methyl sites for hydroxylation is 1. The molecule has 0 aliphatic carbocycles. The predicted octanol–water partition coefficient (Wildman–Crippen LogP) is 4.71. The van der Waals surface area contributed by atoms with E-state index < -0.39 is 10.9 Å². The van der Waals surface area contributed by atoms with Crippen molar-refractivity contribution in [2.45, 2.75) is 6.92 Å². The van der Waals surface area contributed by atoms with E-state index in [2.05, 4.69) is 4.99 Å². The van der Waals surface area contributed by atoms with E-state index in [1.54, 1.807) is 24.3 Å². The van der Waals surface area contributed by atoms with Crippen molar-refractivity contribution in [1.29, 1.82) is 0 Å². The molecule has 0 radical (unpaired) electrons. The molecule has 0 saturated heterocycles. The average molecular weight is 444 g/mol. The summed E-state index contributed by atoms with van der Waals surface area (Å²) >= 11 is 0. The molecule has 0 unspecified atom stereocenters. The number of carbonyl (C=O) groups is 1. The molecule has 1 heterocycles. The van der Waals surface area contributed by atoms with Gasteiger partial charge in [-0.05, 0) is 43.3 Å². The number of ether oxygens (including phenoxy) is 3. The monoisotopic (exact) mass is 444 g/mol. The van der Waals surface area contributed by atoms with Gasteiger partial charge in [-0.15, -0.1) is 0 Å². The highest BCUT2D eigenvalue weighted by Gasteiger charge is 2.25. The van der Waals surface area contributed by atoms with E-state index in [0.29, 0.717) is 22.6 Å². The quantitative estimate of drug-likeness (QED) is 0.164. The molecule has 4 rings (SSSR count). The topological polar surface area (TPSA) is 100 Å². The molecule has 1 aliphatic rings. The normalized spacial score (nSPS) is 14.0. The Hall–Kier alpha value is -4.46. The van der Waals surface area contributed by atoms with E-state index in [1.165, 1.54) is 24.3 Å². The first kappa shape index (κ1) is 21.8. The van der Waals surface area contributed by atoms with Gasteiger partial charge in [0.1, 0.15) is 24.7 Å². The molecule has 166 valence electrons. The van der Waals surface area contributed by atoms with Crippen LogP contribution in [0, 0.1) is 17.0 Å². The number of nitro benzene ring substituents is 1. The highest BCUT2D eigenvalue weighted by molar-refractivity contribution is 6.12. The molecule has 0 saturated carbocycles. The molecule has 0 N–H and O–H groups in total. The van der Waals surface area contributed by atoms with E-state index >= 15 is 0 Å². The summed E-state index contributed by atoms with van der Waals surface area (Å²) in [7, 11) is 0. The zero-order valence-corrected chi connectivity index (χ0v) is 17.8. The van der Waals surface area contributed by atoms with Gasteiger partial charge in [0.05, 0.1) is 4.92 Å². The third kappa shape index (κ3) is 5.43. The predicted molar refractivity (Wildman–Crippen MR) is 122 cm³/mol. The fraction of sp³-hybridized carbons (Fsp3) is 0.120. The minimum atomic E-state index is -0.644. The Morgan fingerprint density at radius 1 is 1.00 bits per heavy atom.